The summed E-state index contributed by atoms with van der Waals surface area (Å²) in [6, 6.07) is 6.89. The van der Waals surface area contributed by atoms with Crippen LogP contribution in [0.3, 0.4) is 0 Å². The third-order valence-corrected chi connectivity index (χ3v) is 4.47. The maximum absolute atomic E-state index is 6.30. The van der Waals surface area contributed by atoms with Crippen molar-refractivity contribution in [1.82, 2.24) is 5.32 Å². The fourth-order valence-corrected chi connectivity index (χ4v) is 3.59. The summed E-state index contributed by atoms with van der Waals surface area (Å²) < 4.78 is 12.4. The topological polar surface area (TPSA) is 30.5 Å². The van der Waals surface area contributed by atoms with Crippen LogP contribution in [0.1, 0.15) is 52.0 Å². The van der Waals surface area contributed by atoms with Crippen molar-refractivity contribution < 1.29 is 9.47 Å². The number of hydrogen-bond acceptors (Lipinski definition) is 3. The molecule has 3 rings (SSSR count). The van der Waals surface area contributed by atoms with Crippen molar-refractivity contribution in [2.75, 3.05) is 6.54 Å². The van der Waals surface area contributed by atoms with Crippen LogP contribution in [0.25, 0.3) is 0 Å². The third-order valence-electron chi connectivity index (χ3n) is 4.47. The van der Waals surface area contributed by atoms with E-state index in [1.54, 1.807) is 0 Å². The molecule has 1 aromatic carbocycles. The van der Waals surface area contributed by atoms with E-state index in [9.17, 15) is 0 Å². The highest BCUT2D eigenvalue weighted by Crippen LogP contribution is 2.42. The molecular weight excluding hydrogens is 262 g/mol. The van der Waals surface area contributed by atoms with Gasteiger partial charge in [-0.1, -0.05) is 19.1 Å². The fraction of sp³-hybridized carbons (Fsp3) is 0.667. The first-order valence-electron chi connectivity index (χ1n) is 8.28. The van der Waals surface area contributed by atoms with Gasteiger partial charge in [-0.2, -0.15) is 0 Å². The average Bonchev–Trinajstić information content (AvgIpc) is 2.75. The predicted molar refractivity (Wildman–Crippen MR) is 85.2 cm³/mol. The van der Waals surface area contributed by atoms with Crippen LogP contribution in [-0.4, -0.2) is 24.3 Å². The molecule has 2 atom stereocenters. The predicted octanol–water partition coefficient (Wildman–Crippen LogP) is 3.70. The third kappa shape index (κ3) is 3.34. The molecule has 0 spiro atoms. The molecule has 0 aromatic heterocycles. The second-order valence-electron chi connectivity index (χ2n) is 6.94. The van der Waals surface area contributed by atoms with E-state index in [0.717, 1.165) is 37.3 Å². The van der Waals surface area contributed by atoms with E-state index < -0.39 is 0 Å². The first-order valence-corrected chi connectivity index (χ1v) is 8.28. The maximum Gasteiger partial charge on any atom is 0.165 e. The lowest BCUT2D eigenvalue weighted by Gasteiger charge is -2.30. The summed E-state index contributed by atoms with van der Waals surface area (Å²) in [5.41, 5.74) is 1.16. The highest BCUT2D eigenvalue weighted by molar-refractivity contribution is 5.50. The monoisotopic (exact) mass is 289 g/mol. The molecule has 0 radical (unpaired) electrons. The van der Waals surface area contributed by atoms with E-state index in [0.29, 0.717) is 12.1 Å². The molecule has 116 valence electrons. The highest BCUT2D eigenvalue weighted by atomic mass is 16.5. The molecule has 1 aliphatic heterocycles. The lowest BCUT2D eigenvalue weighted by Crippen LogP contribution is -2.38. The number of fused-ring (bicyclic) bond motifs is 1. The minimum Gasteiger partial charge on any atom is -0.486 e. The summed E-state index contributed by atoms with van der Waals surface area (Å²) in [5, 5.41) is 3.55. The average molecular weight is 289 g/mol. The molecule has 1 N–H and O–H groups in total. The largest absolute Gasteiger partial charge is 0.486 e. The SMILES string of the molecule is CCNC1CCCC(Oc2cccc3c2OC(C)(C)C3)C1. The summed E-state index contributed by atoms with van der Waals surface area (Å²) in [7, 11) is 0. The summed E-state index contributed by atoms with van der Waals surface area (Å²) >= 11 is 0. The van der Waals surface area contributed by atoms with E-state index in [1.165, 1.54) is 18.4 Å². The molecular formula is C18H27NO2. The van der Waals surface area contributed by atoms with E-state index in [1.807, 2.05) is 0 Å². The van der Waals surface area contributed by atoms with Crippen molar-refractivity contribution in [2.45, 2.75) is 70.6 Å². The summed E-state index contributed by atoms with van der Waals surface area (Å²) in [5.74, 6) is 1.90. The molecule has 1 aliphatic carbocycles. The van der Waals surface area contributed by atoms with Crippen LogP contribution in [0.4, 0.5) is 0 Å². The Morgan fingerprint density at radius 3 is 3.00 bits per heavy atom. The zero-order valence-corrected chi connectivity index (χ0v) is 13.4. The second-order valence-corrected chi connectivity index (χ2v) is 6.94. The van der Waals surface area contributed by atoms with Gasteiger partial charge in [0, 0.05) is 18.0 Å². The highest BCUT2D eigenvalue weighted by Gasteiger charge is 2.33. The van der Waals surface area contributed by atoms with Crippen LogP contribution in [0, 0.1) is 0 Å². The van der Waals surface area contributed by atoms with E-state index in [2.05, 4.69) is 44.3 Å². The van der Waals surface area contributed by atoms with Crippen molar-refractivity contribution in [3.05, 3.63) is 23.8 Å². The summed E-state index contributed by atoms with van der Waals surface area (Å²) in [4.78, 5) is 0. The molecule has 2 aliphatic rings. The lowest BCUT2D eigenvalue weighted by atomic mass is 9.93. The minimum absolute atomic E-state index is 0.110. The molecule has 1 aromatic rings. The Morgan fingerprint density at radius 2 is 2.19 bits per heavy atom. The molecule has 0 saturated heterocycles. The van der Waals surface area contributed by atoms with Gasteiger partial charge in [0.15, 0.2) is 11.5 Å². The van der Waals surface area contributed by atoms with E-state index >= 15 is 0 Å². The molecule has 1 heterocycles. The number of rotatable bonds is 4. The summed E-state index contributed by atoms with van der Waals surface area (Å²) in [6.45, 7) is 7.48. The standard InChI is InChI=1S/C18H27NO2/c1-4-19-14-8-6-9-15(11-14)20-16-10-5-7-13-12-18(2,3)21-17(13)16/h5,7,10,14-15,19H,4,6,8-9,11-12H2,1-3H3. The molecule has 2 unspecified atom stereocenters. The van der Waals surface area contributed by atoms with Crippen LogP contribution < -0.4 is 14.8 Å². The first kappa shape index (κ1) is 14.7. The molecule has 3 heteroatoms. The molecule has 21 heavy (non-hydrogen) atoms. The van der Waals surface area contributed by atoms with Gasteiger partial charge in [-0.25, -0.2) is 0 Å². The number of nitrogens with one attached hydrogen (secondary N) is 1. The smallest absolute Gasteiger partial charge is 0.165 e. The normalized spacial score (nSPS) is 27.0. The van der Waals surface area contributed by atoms with Crippen molar-refractivity contribution in [1.29, 1.82) is 0 Å². The van der Waals surface area contributed by atoms with Gasteiger partial charge in [0.05, 0.1) is 0 Å². The van der Waals surface area contributed by atoms with Crippen LogP contribution in [0.15, 0.2) is 18.2 Å². The van der Waals surface area contributed by atoms with E-state index in [-0.39, 0.29) is 5.60 Å². The van der Waals surface area contributed by atoms with Crippen LogP contribution in [0.2, 0.25) is 0 Å². The summed E-state index contributed by atoms with van der Waals surface area (Å²) in [6.07, 6.45) is 6.02. The van der Waals surface area contributed by atoms with Gasteiger partial charge in [0.2, 0.25) is 0 Å². The maximum atomic E-state index is 6.30. The van der Waals surface area contributed by atoms with Gasteiger partial charge < -0.3 is 14.8 Å². The number of ether oxygens (including phenoxy) is 2. The molecule has 1 fully saturated rings. The Labute approximate surface area is 128 Å². The first-order chi connectivity index (χ1) is 10.1. The quantitative estimate of drug-likeness (QED) is 0.917. The molecule has 0 amide bonds. The zero-order valence-electron chi connectivity index (χ0n) is 13.4. The Balaban J connectivity index is 1.70. The van der Waals surface area contributed by atoms with Gasteiger partial charge in [-0.15, -0.1) is 0 Å². The number of para-hydroxylation sites is 1. The van der Waals surface area contributed by atoms with Crippen LogP contribution in [-0.2, 0) is 6.42 Å². The molecule has 3 nitrogen and oxygen atoms in total. The Morgan fingerprint density at radius 1 is 1.33 bits per heavy atom. The van der Waals surface area contributed by atoms with Gasteiger partial charge in [0.1, 0.15) is 11.7 Å². The van der Waals surface area contributed by atoms with Gasteiger partial charge in [0.25, 0.3) is 0 Å². The van der Waals surface area contributed by atoms with Gasteiger partial charge in [-0.3, -0.25) is 0 Å². The number of hydrogen-bond donors (Lipinski definition) is 1. The fourth-order valence-electron chi connectivity index (χ4n) is 3.59. The lowest BCUT2D eigenvalue weighted by molar-refractivity contribution is 0.108. The van der Waals surface area contributed by atoms with Gasteiger partial charge in [-0.05, 0) is 52.1 Å². The zero-order chi connectivity index (χ0) is 14.9. The van der Waals surface area contributed by atoms with Crippen molar-refractivity contribution in [3.63, 3.8) is 0 Å². The number of benzene rings is 1. The second kappa shape index (κ2) is 5.88. The molecule has 0 bridgehead atoms. The molecule has 1 saturated carbocycles. The minimum atomic E-state index is -0.110. The van der Waals surface area contributed by atoms with E-state index in [4.69, 9.17) is 9.47 Å². The van der Waals surface area contributed by atoms with Gasteiger partial charge >= 0.3 is 0 Å². The Bertz CT molecular complexity index is 496. The van der Waals surface area contributed by atoms with Crippen molar-refractivity contribution in [2.24, 2.45) is 0 Å². The van der Waals surface area contributed by atoms with Crippen LogP contribution in [0.5, 0.6) is 11.5 Å². The van der Waals surface area contributed by atoms with Crippen molar-refractivity contribution >= 4 is 0 Å². The van der Waals surface area contributed by atoms with Crippen molar-refractivity contribution in [3.8, 4) is 11.5 Å². The Hall–Kier alpha value is -1.22. The Kier molecular flexibility index (Phi) is 4.12. The van der Waals surface area contributed by atoms with Crippen LogP contribution >= 0.6 is 0 Å².